The van der Waals surface area contributed by atoms with E-state index in [1.165, 1.54) is 0 Å². The third-order valence-electron chi connectivity index (χ3n) is 4.76. The molecule has 0 atom stereocenters. The van der Waals surface area contributed by atoms with Crippen molar-refractivity contribution < 1.29 is 0 Å². The normalized spacial score (nSPS) is 15.1. The van der Waals surface area contributed by atoms with Crippen molar-refractivity contribution in [3.8, 4) is 5.82 Å². The van der Waals surface area contributed by atoms with Gasteiger partial charge in [-0.2, -0.15) is 5.10 Å². The second-order valence-corrected chi connectivity index (χ2v) is 7.26. The summed E-state index contributed by atoms with van der Waals surface area (Å²) < 4.78 is 3.33. The number of aromatic nitrogens is 6. The summed E-state index contributed by atoms with van der Waals surface area (Å²) in [6.45, 7) is 9.11. The zero-order valence-electron chi connectivity index (χ0n) is 15.8. The third-order valence-corrected chi connectivity index (χ3v) is 4.76. The van der Waals surface area contributed by atoms with Crippen LogP contribution in [0.25, 0.3) is 5.82 Å². The van der Waals surface area contributed by atoms with Gasteiger partial charge < -0.3 is 0 Å². The van der Waals surface area contributed by atoms with Crippen molar-refractivity contribution in [3.63, 3.8) is 0 Å². The fraction of sp³-hybridized carbons (Fsp3) is 0.421. The molecule has 0 aliphatic carbocycles. The highest BCUT2D eigenvalue weighted by atomic mass is 16.1. The Morgan fingerprint density at radius 2 is 1.85 bits per heavy atom. The average molecular weight is 365 g/mol. The molecule has 140 valence electrons. The zero-order chi connectivity index (χ0) is 19.0. The molecule has 0 unspecified atom stereocenters. The van der Waals surface area contributed by atoms with E-state index in [-0.39, 0.29) is 5.56 Å². The molecule has 1 aliphatic rings. The molecule has 3 aromatic rings. The molecule has 8 heteroatoms. The van der Waals surface area contributed by atoms with Crippen LogP contribution in [0.2, 0.25) is 0 Å². The summed E-state index contributed by atoms with van der Waals surface area (Å²) in [4.78, 5) is 23.2. The van der Waals surface area contributed by atoms with Crippen LogP contribution in [0.5, 0.6) is 0 Å². The van der Waals surface area contributed by atoms with Crippen LogP contribution in [-0.4, -0.2) is 47.5 Å². The van der Waals surface area contributed by atoms with Gasteiger partial charge in [0.1, 0.15) is 0 Å². The standard InChI is InChI=1S/C19H23N7O/c1-13-6-15(3)26(22-13)18-4-5-19(27)25(23-18)11-16-9-24(10-16)12-17-8-20-14(2)7-21-17/h4-8,16H,9-12H2,1-3H3. The van der Waals surface area contributed by atoms with Gasteiger partial charge in [0.2, 0.25) is 0 Å². The topological polar surface area (TPSA) is 81.7 Å². The van der Waals surface area contributed by atoms with E-state index in [0.717, 1.165) is 42.4 Å². The second-order valence-electron chi connectivity index (χ2n) is 7.26. The van der Waals surface area contributed by atoms with Crippen LogP contribution in [0, 0.1) is 26.7 Å². The molecule has 1 saturated heterocycles. The largest absolute Gasteiger partial charge is 0.297 e. The van der Waals surface area contributed by atoms with E-state index in [9.17, 15) is 4.79 Å². The Hall–Kier alpha value is -2.87. The van der Waals surface area contributed by atoms with Gasteiger partial charge in [-0.1, -0.05) is 0 Å². The summed E-state index contributed by atoms with van der Waals surface area (Å²) in [6.07, 6.45) is 3.62. The molecular weight excluding hydrogens is 342 g/mol. The monoisotopic (exact) mass is 365 g/mol. The number of likely N-dealkylation sites (tertiary alicyclic amines) is 1. The summed E-state index contributed by atoms with van der Waals surface area (Å²) in [5, 5.41) is 8.97. The fourth-order valence-electron chi connectivity index (χ4n) is 3.44. The first kappa shape index (κ1) is 17.5. The minimum Gasteiger partial charge on any atom is -0.297 e. The van der Waals surface area contributed by atoms with Gasteiger partial charge >= 0.3 is 0 Å². The van der Waals surface area contributed by atoms with Crippen molar-refractivity contribution in [1.29, 1.82) is 0 Å². The van der Waals surface area contributed by atoms with Crippen LogP contribution < -0.4 is 5.56 Å². The summed E-state index contributed by atoms with van der Waals surface area (Å²) in [6, 6.07) is 5.29. The van der Waals surface area contributed by atoms with Crippen LogP contribution in [0.4, 0.5) is 0 Å². The quantitative estimate of drug-likeness (QED) is 0.677. The number of aryl methyl sites for hydroxylation is 3. The number of rotatable bonds is 5. The number of nitrogens with zero attached hydrogens (tertiary/aromatic N) is 7. The molecule has 4 heterocycles. The van der Waals surface area contributed by atoms with E-state index in [4.69, 9.17) is 0 Å². The van der Waals surface area contributed by atoms with Gasteiger partial charge in [-0.05, 0) is 32.9 Å². The van der Waals surface area contributed by atoms with E-state index >= 15 is 0 Å². The first-order valence-corrected chi connectivity index (χ1v) is 9.09. The molecular formula is C19H23N7O. The molecule has 0 spiro atoms. The Bertz CT molecular complexity index is 1000. The van der Waals surface area contributed by atoms with Crippen LogP contribution in [0.3, 0.4) is 0 Å². The minimum atomic E-state index is -0.0804. The van der Waals surface area contributed by atoms with Crippen molar-refractivity contribution in [1.82, 2.24) is 34.4 Å². The predicted octanol–water partition coefficient (Wildman–Crippen LogP) is 1.28. The molecule has 0 aromatic carbocycles. The van der Waals surface area contributed by atoms with Gasteiger partial charge in [0.05, 0.1) is 23.6 Å². The van der Waals surface area contributed by atoms with E-state index in [0.29, 0.717) is 18.3 Å². The maximum Gasteiger partial charge on any atom is 0.266 e. The second kappa shape index (κ2) is 7.03. The summed E-state index contributed by atoms with van der Waals surface area (Å²) >= 11 is 0. The highest BCUT2D eigenvalue weighted by Gasteiger charge is 2.28. The number of hydrogen-bond acceptors (Lipinski definition) is 6. The average Bonchev–Trinajstić information content (AvgIpc) is 2.94. The van der Waals surface area contributed by atoms with Gasteiger partial charge in [-0.15, -0.1) is 5.10 Å². The van der Waals surface area contributed by atoms with Gasteiger partial charge in [0.25, 0.3) is 5.56 Å². The molecule has 8 nitrogen and oxygen atoms in total. The van der Waals surface area contributed by atoms with Crippen molar-refractivity contribution in [2.75, 3.05) is 13.1 Å². The Morgan fingerprint density at radius 3 is 2.52 bits per heavy atom. The molecule has 0 N–H and O–H groups in total. The van der Waals surface area contributed by atoms with Crippen molar-refractivity contribution in [2.45, 2.75) is 33.9 Å². The van der Waals surface area contributed by atoms with Crippen LogP contribution in [0.1, 0.15) is 22.8 Å². The highest BCUT2D eigenvalue weighted by Crippen LogP contribution is 2.19. The minimum absolute atomic E-state index is 0.0804. The first-order valence-electron chi connectivity index (χ1n) is 9.09. The van der Waals surface area contributed by atoms with Gasteiger partial charge in [0.15, 0.2) is 5.82 Å². The summed E-state index contributed by atoms with van der Waals surface area (Å²) in [5.74, 6) is 1.08. The van der Waals surface area contributed by atoms with Gasteiger partial charge in [-0.25, -0.2) is 9.36 Å². The Balaban J connectivity index is 1.40. The van der Waals surface area contributed by atoms with Crippen molar-refractivity contribution >= 4 is 0 Å². The predicted molar refractivity (Wildman–Crippen MR) is 101 cm³/mol. The van der Waals surface area contributed by atoms with E-state index in [2.05, 4.69) is 25.1 Å². The lowest BCUT2D eigenvalue weighted by Crippen LogP contribution is -2.49. The number of hydrogen-bond donors (Lipinski definition) is 0. The SMILES string of the molecule is Cc1cnc(CN2CC(Cn3nc(-n4nc(C)cc4C)ccc3=O)C2)cn1. The molecule has 0 amide bonds. The van der Waals surface area contributed by atoms with Crippen LogP contribution in [-0.2, 0) is 13.1 Å². The van der Waals surface area contributed by atoms with E-state index in [1.807, 2.05) is 33.0 Å². The smallest absolute Gasteiger partial charge is 0.266 e. The van der Waals surface area contributed by atoms with E-state index < -0.39 is 0 Å². The van der Waals surface area contributed by atoms with Gasteiger partial charge in [0, 0.05) is 49.7 Å². The van der Waals surface area contributed by atoms with E-state index in [1.54, 1.807) is 27.7 Å². The zero-order valence-corrected chi connectivity index (χ0v) is 15.8. The first-order chi connectivity index (χ1) is 13.0. The molecule has 1 fully saturated rings. The van der Waals surface area contributed by atoms with Gasteiger partial charge in [-0.3, -0.25) is 19.7 Å². The molecule has 1 aliphatic heterocycles. The lowest BCUT2D eigenvalue weighted by atomic mass is 10.00. The fourth-order valence-corrected chi connectivity index (χ4v) is 3.44. The summed E-state index contributed by atoms with van der Waals surface area (Å²) in [7, 11) is 0. The molecule has 4 rings (SSSR count). The molecule has 0 radical (unpaired) electrons. The van der Waals surface area contributed by atoms with Crippen molar-refractivity contribution in [3.05, 3.63) is 63.7 Å². The maximum atomic E-state index is 12.2. The van der Waals surface area contributed by atoms with Crippen LogP contribution >= 0.6 is 0 Å². The highest BCUT2D eigenvalue weighted by molar-refractivity contribution is 5.23. The molecule has 27 heavy (non-hydrogen) atoms. The van der Waals surface area contributed by atoms with Crippen LogP contribution in [0.15, 0.2) is 35.4 Å². The van der Waals surface area contributed by atoms with Crippen molar-refractivity contribution in [2.24, 2.45) is 5.92 Å². The summed E-state index contributed by atoms with van der Waals surface area (Å²) in [5.41, 5.74) is 3.75. The Morgan fingerprint density at radius 1 is 1.04 bits per heavy atom. The molecule has 3 aromatic heterocycles. The molecule has 0 bridgehead atoms. The molecule has 0 saturated carbocycles. The maximum absolute atomic E-state index is 12.2. The Kier molecular flexibility index (Phi) is 4.57. The third kappa shape index (κ3) is 3.80. The lowest BCUT2D eigenvalue weighted by Gasteiger charge is -2.38. The Labute approximate surface area is 157 Å². The lowest BCUT2D eigenvalue weighted by molar-refractivity contribution is 0.0752.